The number of aryl methyl sites for hydroxylation is 1. The summed E-state index contributed by atoms with van der Waals surface area (Å²) in [4.78, 5) is 15.8. The van der Waals surface area contributed by atoms with E-state index in [1.165, 1.54) is 0 Å². The molecule has 0 saturated heterocycles. The van der Waals surface area contributed by atoms with Gasteiger partial charge < -0.3 is 0 Å². The summed E-state index contributed by atoms with van der Waals surface area (Å²) in [6.07, 6.45) is 4.34. The fraction of sp³-hybridized carbons (Fsp3) is 0.143. The SMILES string of the molecule is O=C(CCc1cccnc1)NNc1c(Cl)cc(Cl)cc1Cl. The summed E-state index contributed by atoms with van der Waals surface area (Å²) in [7, 11) is 0. The molecule has 2 rings (SSSR count). The van der Waals surface area contributed by atoms with Crippen LogP contribution in [0.5, 0.6) is 0 Å². The molecule has 0 aliphatic heterocycles. The lowest BCUT2D eigenvalue weighted by Gasteiger charge is -2.12. The van der Waals surface area contributed by atoms with Crippen LogP contribution in [0.15, 0.2) is 36.7 Å². The number of carbonyl (C=O) groups is 1. The van der Waals surface area contributed by atoms with Crippen LogP contribution >= 0.6 is 34.8 Å². The Bertz CT molecular complexity index is 612. The Hall–Kier alpha value is -1.49. The van der Waals surface area contributed by atoms with Gasteiger partial charge in [-0.05, 0) is 30.2 Å². The second-order valence-electron chi connectivity index (χ2n) is 4.28. The van der Waals surface area contributed by atoms with Crippen LogP contribution in [0.3, 0.4) is 0 Å². The number of nitrogens with one attached hydrogen (secondary N) is 2. The van der Waals surface area contributed by atoms with Crippen molar-refractivity contribution < 1.29 is 4.79 Å². The van der Waals surface area contributed by atoms with E-state index in [1.807, 2.05) is 12.1 Å². The van der Waals surface area contributed by atoms with Crippen molar-refractivity contribution in [1.82, 2.24) is 10.4 Å². The number of hydrogen-bond acceptors (Lipinski definition) is 3. The number of hydrazine groups is 1. The summed E-state index contributed by atoms with van der Waals surface area (Å²) in [5.41, 5.74) is 6.67. The maximum atomic E-state index is 11.8. The fourth-order valence-electron chi connectivity index (χ4n) is 1.66. The van der Waals surface area contributed by atoms with Crippen molar-refractivity contribution >= 4 is 46.4 Å². The van der Waals surface area contributed by atoms with E-state index < -0.39 is 0 Å². The summed E-state index contributed by atoms with van der Waals surface area (Å²) < 4.78 is 0. The van der Waals surface area contributed by atoms with E-state index in [0.717, 1.165) is 5.56 Å². The van der Waals surface area contributed by atoms with Crippen LogP contribution in [-0.4, -0.2) is 10.9 Å². The second kappa shape index (κ2) is 7.50. The quantitative estimate of drug-likeness (QED) is 0.802. The molecule has 1 aromatic heterocycles. The van der Waals surface area contributed by atoms with Crippen LogP contribution < -0.4 is 10.9 Å². The summed E-state index contributed by atoms with van der Waals surface area (Å²) in [6, 6.07) is 6.83. The number of hydrogen-bond donors (Lipinski definition) is 2. The highest BCUT2D eigenvalue weighted by atomic mass is 35.5. The Morgan fingerprint density at radius 2 is 1.90 bits per heavy atom. The minimum Gasteiger partial charge on any atom is -0.296 e. The standard InChI is InChI=1S/C14H12Cl3N3O/c15-10-6-11(16)14(12(17)7-10)20-19-13(21)4-3-9-2-1-5-18-8-9/h1-2,5-8,20H,3-4H2,(H,19,21). The van der Waals surface area contributed by atoms with Gasteiger partial charge in [0.2, 0.25) is 5.91 Å². The zero-order valence-corrected chi connectivity index (χ0v) is 13.1. The smallest absolute Gasteiger partial charge is 0.238 e. The van der Waals surface area contributed by atoms with Gasteiger partial charge in [0, 0.05) is 23.8 Å². The molecule has 1 heterocycles. The Morgan fingerprint density at radius 3 is 2.52 bits per heavy atom. The topological polar surface area (TPSA) is 54.0 Å². The molecule has 0 fully saturated rings. The van der Waals surface area contributed by atoms with Crippen LogP contribution in [0, 0.1) is 0 Å². The lowest BCUT2D eigenvalue weighted by atomic mass is 10.1. The molecule has 2 aromatic rings. The molecule has 110 valence electrons. The number of aromatic nitrogens is 1. The third-order valence-electron chi connectivity index (χ3n) is 2.70. The van der Waals surface area contributed by atoms with Crippen LogP contribution in [-0.2, 0) is 11.2 Å². The van der Waals surface area contributed by atoms with Crippen molar-refractivity contribution in [1.29, 1.82) is 0 Å². The fourth-order valence-corrected chi connectivity index (χ4v) is 2.57. The van der Waals surface area contributed by atoms with Gasteiger partial charge in [0.05, 0.1) is 15.7 Å². The van der Waals surface area contributed by atoms with Gasteiger partial charge in [-0.25, -0.2) is 0 Å². The van der Waals surface area contributed by atoms with Gasteiger partial charge in [0.25, 0.3) is 0 Å². The first-order chi connectivity index (χ1) is 10.1. The van der Waals surface area contributed by atoms with Crippen molar-refractivity contribution in [2.45, 2.75) is 12.8 Å². The largest absolute Gasteiger partial charge is 0.296 e. The number of halogens is 3. The number of carbonyl (C=O) groups excluding carboxylic acids is 1. The number of pyridine rings is 1. The Balaban J connectivity index is 1.87. The third-order valence-corrected chi connectivity index (χ3v) is 3.51. The Labute approximate surface area is 137 Å². The molecule has 4 nitrogen and oxygen atoms in total. The van der Waals surface area contributed by atoms with Gasteiger partial charge in [-0.2, -0.15) is 0 Å². The van der Waals surface area contributed by atoms with E-state index in [2.05, 4.69) is 15.8 Å². The van der Waals surface area contributed by atoms with Gasteiger partial charge in [0.1, 0.15) is 0 Å². The van der Waals surface area contributed by atoms with Crippen LogP contribution in [0.1, 0.15) is 12.0 Å². The molecule has 0 aliphatic rings. The van der Waals surface area contributed by atoms with E-state index in [9.17, 15) is 4.79 Å². The second-order valence-corrected chi connectivity index (χ2v) is 5.53. The van der Waals surface area contributed by atoms with Crippen molar-refractivity contribution in [3.05, 3.63) is 57.3 Å². The van der Waals surface area contributed by atoms with E-state index in [0.29, 0.717) is 33.6 Å². The molecular formula is C14H12Cl3N3O. The maximum absolute atomic E-state index is 11.8. The van der Waals surface area contributed by atoms with Gasteiger partial charge in [0.15, 0.2) is 0 Å². The van der Waals surface area contributed by atoms with Crippen molar-refractivity contribution in [2.24, 2.45) is 0 Å². The molecule has 0 atom stereocenters. The molecule has 1 aromatic carbocycles. The van der Waals surface area contributed by atoms with Gasteiger partial charge in [-0.3, -0.25) is 20.6 Å². The minimum atomic E-state index is -0.180. The summed E-state index contributed by atoms with van der Waals surface area (Å²) >= 11 is 17.8. The lowest BCUT2D eigenvalue weighted by molar-refractivity contribution is -0.120. The van der Waals surface area contributed by atoms with E-state index in [-0.39, 0.29) is 5.91 Å². The number of rotatable bonds is 5. The van der Waals surface area contributed by atoms with Gasteiger partial charge in [-0.1, -0.05) is 40.9 Å². The highest BCUT2D eigenvalue weighted by Crippen LogP contribution is 2.33. The number of nitrogens with zero attached hydrogens (tertiary/aromatic N) is 1. The molecule has 21 heavy (non-hydrogen) atoms. The molecule has 1 amide bonds. The lowest BCUT2D eigenvalue weighted by Crippen LogP contribution is -2.29. The van der Waals surface area contributed by atoms with Gasteiger partial charge in [-0.15, -0.1) is 0 Å². The van der Waals surface area contributed by atoms with Crippen LogP contribution in [0.4, 0.5) is 5.69 Å². The normalized spacial score (nSPS) is 10.2. The highest BCUT2D eigenvalue weighted by Gasteiger charge is 2.09. The summed E-state index contributed by atoms with van der Waals surface area (Å²) in [5, 5.41) is 1.10. The van der Waals surface area contributed by atoms with Crippen molar-refractivity contribution in [3.63, 3.8) is 0 Å². The zero-order chi connectivity index (χ0) is 15.2. The molecule has 7 heteroatoms. The van der Waals surface area contributed by atoms with Crippen LogP contribution in [0.25, 0.3) is 0 Å². The minimum absolute atomic E-state index is 0.180. The monoisotopic (exact) mass is 343 g/mol. The first-order valence-corrected chi connectivity index (χ1v) is 7.28. The number of benzene rings is 1. The number of anilines is 1. The van der Waals surface area contributed by atoms with Crippen molar-refractivity contribution in [3.8, 4) is 0 Å². The van der Waals surface area contributed by atoms with Gasteiger partial charge >= 0.3 is 0 Å². The Kier molecular flexibility index (Phi) is 5.67. The third kappa shape index (κ3) is 4.77. The Morgan fingerprint density at radius 1 is 1.19 bits per heavy atom. The predicted molar refractivity (Wildman–Crippen MR) is 85.8 cm³/mol. The summed E-state index contributed by atoms with van der Waals surface area (Å²) in [6.45, 7) is 0. The first-order valence-electron chi connectivity index (χ1n) is 6.14. The average molecular weight is 345 g/mol. The van der Waals surface area contributed by atoms with E-state index >= 15 is 0 Å². The predicted octanol–water partition coefficient (Wildman–Crippen LogP) is 4.12. The van der Waals surface area contributed by atoms with Crippen molar-refractivity contribution in [2.75, 3.05) is 5.43 Å². The molecule has 0 spiro atoms. The first kappa shape index (κ1) is 15.9. The number of amides is 1. The summed E-state index contributed by atoms with van der Waals surface area (Å²) in [5.74, 6) is -0.180. The molecule has 0 unspecified atom stereocenters. The van der Waals surface area contributed by atoms with E-state index in [4.69, 9.17) is 34.8 Å². The molecule has 0 radical (unpaired) electrons. The van der Waals surface area contributed by atoms with Crippen LogP contribution in [0.2, 0.25) is 15.1 Å². The molecular weight excluding hydrogens is 333 g/mol. The molecule has 2 N–H and O–H groups in total. The molecule has 0 saturated carbocycles. The zero-order valence-electron chi connectivity index (χ0n) is 10.9. The maximum Gasteiger partial charge on any atom is 0.238 e. The molecule has 0 bridgehead atoms. The average Bonchev–Trinajstić information content (AvgIpc) is 2.45. The van der Waals surface area contributed by atoms with E-state index in [1.54, 1.807) is 24.5 Å². The molecule has 0 aliphatic carbocycles. The highest BCUT2D eigenvalue weighted by molar-refractivity contribution is 6.41.